The first-order valence-corrected chi connectivity index (χ1v) is 7.25. The van der Waals surface area contributed by atoms with Crippen molar-refractivity contribution >= 4 is 5.95 Å². The molecule has 3 rings (SSSR count). The number of nitrogens with zero attached hydrogens (tertiary/aromatic N) is 3. The van der Waals surface area contributed by atoms with Gasteiger partial charge < -0.3 is 10.0 Å². The van der Waals surface area contributed by atoms with Crippen molar-refractivity contribution in [2.75, 3.05) is 11.4 Å². The van der Waals surface area contributed by atoms with Gasteiger partial charge in [-0.25, -0.2) is 9.97 Å². The number of rotatable bonds is 2. The number of hydrogen-bond donors (Lipinski definition) is 1. The molecule has 7 heteroatoms. The molecule has 1 saturated heterocycles. The maximum Gasteiger partial charge on any atom is 0.416 e. The maximum atomic E-state index is 12.7. The fraction of sp³-hybridized carbons (Fsp3) is 0.375. The molecule has 1 aliphatic rings. The van der Waals surface area contributed by atoms with Crippen LogP contribution < -0.4 is 4.90 Å². The lowest BCUT2D eigenvalue weighted by molar-refractivity contribution is -0.137. The highest BCUT2D eigenvalue weighted by Gasteiger charge is 2.35. The summed E-state index contributed by atoms with van der Waals surface area (Å²) in [5.41, 5.74) is 0.941. The molecule has 2 aromatic rings. The molecule has 1 aromatic carbocycles. The number of hydrogen-bond acceptors (Lipinski definition) is 4. The summed E-state index contributed by atoms with van der Waals surface area (Å²) in [6, 6.07) is 4.79. The van der Waals surface area contributed by atoms with Crippen molar-refractivity contribution in [1.29, 1.82) is 0 Å². The molecule has 2 atom stereocenters. The number of aliphatic hydroxyl groups is 1. The number of anilines is 1. The van der Waals surface area contributed by atoms with Gasteiger partial charge in [-0.05, 0) is 36.6 Å². The topological polar surface area (TPSA) is 49.2 Å². The largest absolute Gasteiger partial charge is 0.416 e. The molecule has 122 valence electrons. The molecule has 1 N–H and O–H groups in total. The standard InChI is InChI=1S/C16H16F3N3O/c1-10-7-20-15(21-8-10)22-9-13(23)6-14(22)11-2-4-12(5-3-11)16(17,18)19/h2-5,7-8,13-14,23H,6,9H2,1H3. The zero-order valence-electron chi connectivity index (χ0n) is 12.5. The zero-order chi connectivity index (χ0) is 16.6. The molecule has 0 bridgehead atoms. The van der Waals surface area contributed by atoms with Gasteiger partial charge in [-0.15, -0.1) is 0 Å². The molecule has 4 nitrogen and oxygen atoms in total. The summed E-state index contributed by atoms with van der Waals surface area (Å²) in [7, 11) is 0. The van der Waals surface area contributed by atoms with E-state index in [0.29, 0.717) is 24.5 Å². The monoisotopic (exact) mass is 323 g/mol. The van der Waals surface area contributed by atoms with Gasteiger partial charge in [-0.3, -0.25) is 0 Å². The van der Waals surface area contributed by atoms with Crippen LogP contribution in [0.25, 0.3) is 0 Å². The molecular formula is C16H16F3N3O. The van der Waals surface area contributed by atoms with Crippen LogP contribution in [-0.4, -0.2) is 27.7 Å². The Labute approximate surface area is 131 Å². The highest BCUT2D eigenvalue weighted by atomic mass is 19.4. The van der Waals surface area contributed by atoms with Crippen LogP contribution in [0.3, 0.4) is 0 Å². The molecule has 0 radical (unpaired) electrons. The summed E-state index contributed by atoms with van der Waals surface area (Å²) in [5.74, 6) is 0.469. The second kappa shape index (κ2) is 5.81. The molecular weight excluding hydrogens is 307 g/mol. The number of β-amino-alcohol motifs (C(OH)–C–C–N with tert-alkyl or cyclic N) is 1. The summed E-state index contributed by atoms with van der Waals surface area (Å²) in [6.45, 7) is 2.23. The van der Waals surface area contributed by atoms with Crippen LogP contribution in [0.1, 0.15) is 29.2 Å². The lowest BCUT2D eigenvalue weighted by atomic mass is 10.0. The van der Waals surface area contributed by atoms with Crippen LogP contribution in [-0.2, 0) is 6.18 Å². The summed E-state index contributed by atoms with van der Waals surface area (Å²) in [6.07, 6.45) is -1.13. The van der Waals surface area contributed by atoms with Gasteiger partial charge in [0, 0.05) is 18.9 Å². The van der Waals surface area contributed by atoms with E-state index in [2.05, 4.69) is 9.97 Å². The van der Waals surface area contributed by atoms with E-state index >= 15 is 0 Å². The molecule has 1 aliphatic heterocycles. The van der Waals surface area contributed by atoms with Gasteiger partial charge >= 0.3 is 6.18 Å². The second-order valence-electron chi connectivity index (χ2n) is 5.74. The van der Waals surface area contributed by atoms with E-state index in [0.717, 1.165) is 17.7 Å². The lowest BCUT2D eigenvalue weighted by Gasteiger charge is -2.24. The normalized spacial score (nSPS) is 21.7. The summed E-state index contributed by atoms with van der Waals surface area (Å²) in [4.78, 5) is 10.3. The van der Waals surface area contributed by atoms with Gasteiger partial charge in [-0.1, -0.05) is 12.1 Å². The van der Waals surface area contributed by atoms with E-state index in [4.69, 9.17) is 0 Å². The third-order valence-electron chi connectivity index (χ3n) is 3.93. The minimum absolute atomic E-state index is 0.241. The van der Waals surface area contributed by atoms with Gasteiger partial charge in [0.1, 0.15) is 0 Å². The van der Waals surface area contributed by atoms with E-state index in [-0.39, 0.29) is 6.04 Å². The quantitative estimate of drug-likeness (QED) is 0.922. The molecule has 23 heavy (non-hydrogen) atoms. The van der Waals surface area contributed by atoms with Gasteiger partial charge in [0.05, 0.1) is 17.7 Å². The number of aliphatic hydroxyl groups excluding tert-OH is 1. The van der Waals surface area contributed by atoms with Gasteiger partial charge in [-0.2, -0.15) is 13.2 Å². The van der Waals surface area contributed by atoms with E-state index in [1.165, 1.54) is 12.1 Å². The molecule has 0 spiro atoms. The predicted octanol–water partition coefficient (Wildman–Crippen LogP) is 3.12. The molecule has 0 aliphatic carbocycles. The van der Waals surface area contributed by atoms with Crippen molar-refractivity contribution < 1.29 is 18.3 Å². The van der Waals surface area contributed by atoms with Crippen LogP contribution in [0.2, 0.25) is 0 Å². The fourth-order valence-corrected chi connectivity index (χ4v) is 2.78. The Morgan fingerprint density at radius 2 is 1.74 bits per heavy atom. The van der Waals surface area contributed by atoms with Crippen molar-refractivity contribution in [2.24, 2.45) is 0 Å². The first kappa shape index (κ1) is 15.7. The minimum Gasteiger partial charge on any atom is -0.391 e. The Bertz CT molecular complexity index is 670. The van der Waals surface area contributed by atoms with Crippen molar-refractivity contribution in [2.45, 2.75) is 31.7 Å². The Balaban J connectivity index is 1.89. The van der Waals surface area contributed by atoms with E-state index < -0.39 is 17.8 Å². The number of aromatic nitrogens is 2. The summed E-state index contributed by atoms with van der Waals surface area (Å²) in [5, 5.41) is 9.95. The second-order valence-corrected chi connectivity index (χ2v) is 5.74. The number of halogens is 3. The Kier molecular flexibility index (Phi) is 3.97. The first-order valence-electron chi connectivity index (χ1n) is 7.25. The van der Waals surface area contributed by atoms with Crippen LogP contribution in [0.4, 0.5) is 19.1 Å². The predicted molar refractivity (Wildman–Crippen MR) is 78.9 cm³/mol. The molecule has 0 amide bonds. The number of aryl methyl sites for hydroxylation is 1. The third-order valence-corrected chi connectivity index (χ3v) is 3.93. The highest BCUT2D eigenvalue weighted by molar-refractivity contribution is 5.40. The van der Waals surface area contributed by atoms with Crippen molar-refractivity contribution in [3.8, 4) is 0 Å². The third kappa shape index (κ3) is 3.29. The SMILES string of the molecule is Cc1cnc(N2CC(O)CC2c2ccc(C(F)(F)F)cc2)nc1. The Morgan fingerprint density at radius 1 is 1.13 bits per heavy atom. The fourth-order valence-electron chi connectivity index (χ4n) is 2.78. The first-order chi connectivity index (χ1) is 10.8. The van der Waals surface area contributed by atoms with Gasteiger partial charge in [0.2, 0.25) is 5.95 Å². The van der Waals surface area contributed by atoms with Gasteiger partial charge in [0.25, 0.3) is 0 Å². The number of benzene rings is 1. The Hall–Kier alpha value is -2.15. The van der Waals surface area contributed by atoms with Crippen molar-refractivity contribution in [1.82, 2.24) is 9.97 Å². The molecule has 2 unspecified atom stereocenters. The van der Waals surface area contributed by atoms with Crippen molar-refractivity contribution in [3.05, 3.63) is 53.3 Å². The zero-order valence-corrected chi connectivity index (χ0v) is 12.5. The van der Waals surface area contributed by atoms with Crippen LogP contribution in [0, 0.1) is 6.92 Å². The average Bonchev–Trinajstić information content (AvgIpc) is 2.89. The number of alkyl halides is 3. The summed E-state index contributed by atoms with van der Waals surface area (Å²) < 4.78 is 38.0. The van der Waals surface area contributed by atoms with Crippen LogP contribution in [0.15, 0.2) is 36.7 Å². The molecule has 2 heterocycles. The highest BCUT2D eigenvalue weighted by Crippen LogP contribution is 2.36. The smallest absolute Gasteiger partial charge is 0.391 e. The molecule has 1 fully saturated rings. The van der Waals surface area contributed by atoms with E-state index in [9.17, 15) is 18.3 Å². The summed E-state index contributed by atoms with van der Waals surface area (Å²) >= 11 is 0. The van der Waals surface area contributed by atoms with E-state index in [1.807, 2.05) is 11.8 Å². The van der Waals surface area contributed by atoms with Crippen LogP contribution in [0.5, 0.6) is 0 Å². The lowest BCUT2D eigenvalue weighted by Crippen LogP contribution is -2.26. The van der Waals surface area contributed by atoms with Crippen LogP contribution >= 0.6 is 0 Å². The minimum atomic E-state index is -4.35. The van der Waals surface area contributed by atoms with Gasteiger partial charge in [0.15, 0.2) is 0 Å². The van der Waals surface area contributed by atoms with E-state index in [1.54, 1.807) is 12.4 Å². The Morgan fingerprint density at radius 3 is 2.30 bits per heavy atom. The molecule has 1 aromatic heterocycles. The average molecular weight is 323 g/mol. The molecule has 0 saturated carbocycles. The van der Waals surface area contributed by atoms with Crippen molar-refractivity contribution in [3.63, 3.8) is 0 Å². The maximum absolute atomic E-state index is 12.7.